The molecule has 0 spiro atoms. The summed E-state index contributed by atoms with van der Waals surface area (Å²) in [4.78, 5) is 0. The number of hydrogen-bond donors (Lipinski definition) is 0. The van der Waals surface area contributed by atoms with Gasteiger partial charge in [0.15, 0.2) is 0 Å². The molecule has 3 rings (SSSR count). The molecule has 2 saturated heterocycles. The highest BCUT2D eigenvalue weighted by molar-refractivity contribution is 6.48. The lowest BCUT2D eigenvalue weighted by Crippen LogP contribution is -2.24. The van der Waals surface area contributed by atoms with Crippen molar-refractivity contribution in [1.82, 2.24) is 0 Å². The van der Waals surface area contributed by atoms with Crippen molar-refractivity contribution >= 4 is 7.12 Å². The summed E-state index contributed by atoms with van der Waals surface area (Å²) in [5.41, 5.74) is 0. The Morgan fingerprint density at radius 2 is 2.31 bits per heavy atom. The van der Waals surface area contributed by atoms with Crippen LogP contribution in [-0.4, -0.2) is 26.9 Å². The Labute approximate surface area is 77.5 Å². The molecule has 0 amide bonds. The maximum atomic E-state index is 5.59. The van der Waals surface area contributed by atoms with Crippen LogP contribution < -0.4 is 0 Å². The second-order valence-corrected chi connectivity index (χ2v) is 3.56. The van der Waals surface area contributed by atoms with Gasteiger partial charge in [0.05, 0.1) is 18.2 Å². The van der Waals surface area contributed by atoms with E-state index in [-0.39, 0.29) is 7.12 Å². The Hall–Kier alpha value is -0.735. The minimum absolute atomic E-state index is 0.0799. The smallest absolute Gasteiger partial charge is 0.468 e. The van der Waals surface area contributed by atoms with E-state index in [9.17, 15) is 0 Å². The number of rotatable bonds is 0. The van der Waals surface area contributed by atoms with E-state index in [1.54, 1.807) is 0 Å². The third kappa shape index (κ3) is 1.13. The van der Waals surface area contributed by atoms with Crippen molar-refractivity contribution in [3.05, 3.63) is 24.0 Å². The standard InChI is InChI=1S/C9H11BO3/c1-2-7-6-13-10-9(7)8(3-1)11-4-5-12-10/h1-3,7,9H,4-6H2. The molecule has 3 nitrogen and oxygen atoms in total. The molecule has 3 aliphatic rings. The fourth-order valence-electron chi connectivity index (χ4n) is 2.16. The highest BCUT2D eigenvalue weighted by Crippen LogP contribution is 2.41. The van der Waals surface area contributed by atoms with E-state index in [4.69, 9.17) is 14.0 Å². The van der Waals surface area contributed by atoms with Crippen molar-refractivity contribution in [3.63, 3.8) is 0 Å². The van der Waals surface area contributed by atoms with E-state index >= 15 is 0 Å². The first-order valence-corrected chi connectivity index (χ1v) is 4.69. The first kappa shape index (κ1) is 7.65. The second kappa shape index (κ2) is 2.89. The Kier molecular flexibility index (Phi) is 1.70. The maximum Gasteiger partial charge on any atom is 0.468 e. The predicted octanol–water partition coefficient (Wildman–Crippen LogP) is 0.992. The molecule has 2 atom stereocenters. The van der Waals surface area contributed by atoms with E-state index in [0.29, 0.717) is 24.9 Å². The van der Waals surface area contributed by atoms with Crippen LogP contribution in [0.25, 0.3) is 0 Å². The molecule has 0 radical (unpaired) electrons. The van der Waals surface area contributed by atoms with E-state index in [1.165, 1.54) is 0 Å². The molecule has 0 aromatic rings. The first-order valence-electron chi connectivity index (χ1n) is 4.69. The molecule has 13 heavy (non-hydrogen) atoms. The van der Waals surface area contributed by atoms with Crippen LogP contribution in [0.2, 0.25) is 5.82 Å². The summed E-state index contributed by atoms with van der Waals surface area (Å²) in [5.74, 6) is 1.78. The number of ether oxygens (including phenoxy) is 1. The van der Waals surface area contributed by atoms with Crippen LogP contribution in [0.15, 0.2) is 24.0 Å². The zero-order chi connectivity index (χ0) is 8.67. The van der Waals surface area contributed by atoms with Gasteiger partial charge in [-0.05, 0) is 6.08 Å². The Morgan fingerprint density at radius 3 is 3.31 bits per heavy atom. The Morgan fingerprint density at radius 1 is 1.31 bits per heavy atom. The largest absolute Gasteiger partial charge is 0.496 e. The van der Waals surface area contributed by atoms with Crippen LogP contribution in [0, 0.1) is 5.92 Å². The molecule has 0 aromatic carbocycles. The second-order valence-electron chi connectivity index (χ2n) is 3.56. The molecule has 0 bridgehead atoms. The van der Waals surface area contributed by atoms with Crippen LogP contribution in [0.5, 0.6) is 0 Å². The molecule has 2 aliphatic heterocycles. The highest BCUT2D eigenvalue weighted by atomic mass is 16.6. The van der Waals surface area contributed by atoms with Crippen molar-refractivity contribution in [2.75, 3.05) is 19.8 Å². The third-order valence-electron chi connectivity index (χ3n) is 2.79. The van der Waals surface area contributed by atoms with Crippen LogP contribution in [0.3, 0.4) is 0 Å². The van der Waals surface area contributed by atoms with Crippen molar-refractivity contribution < 1.29 is 14.0 Å². The third-order valence-corrected chi connectivity index (χ3v) is 2.79. The highest BCUT2D eigenvalue weighted by Gasteiger charge is 2.47. The first-order chi connectivity index (χ1) is 6.45. The molecule has 0 aromatic heterocycles. The Bertz CT molecular complexity index is 274. The lowest BCUT2D eigenvalue weighted by Gasteiger charge is -2.20. The van der Waals surface area contributed by atoms with E-state index in [0.717, 1.165) is 12.4 Å². The summed E-state index contributed by atoms with van der Waals surface area (Å²) in [6.45, 7) is 2.03. The summed E-state index contributed by atoms with van der Waals surface area (Å²) >= 11 is 0. The van der Waals surface area contributed by atoms with Crippen molar-refractivity contribution in [3.8, 4) is 0 Å². The molecule has 4 heteroatoms. The van der Waals surface area contributed by atoms with Crippen molar-refractivity contribution in [1.29, 1.82) is 0 Å². The fraction of sp³-hybridized carbons (Fsp3) is 0.556. The molecule has 0 N–H and O–H groups in total. The lowest BCUT2D eigenvalue weighted by atomic mass is 9.65. The van der Waals surface area contributed by atoms with Gasteiger partial charge < -0.3 is 14.0 Å². The SMILES string of the molecule is C1=CC2COB3OCCOC(=C1)C32. The fourth-order valence-corrected chi connectivity index (χ4v) is 2.16. The van der Waals surface area contributed by atoms with Crippen molar-refractivity contribution in [2.45, 2.75) is 5.82 Å². The lowest BCUT2D eigenvalue weighted by molar-refractivity contribution is 0.146. The molecule has 2 heterocycles. The topological polar surface area (TPSA) is 27.7 Å². The van der Waals surface area contributed by atoms with Gasteiger partial charge in [-0.2, -0.15) is 0 Å². The van der Waals surface area contributed by atoms with E-state index in [2.05, 4.69) is 6.08 Å². The van der Waals surface area contributed by atoms with E-state index < -0.39 is 0 Å². The zero-order valence-electron chi connectivity index (χ0n) is 7.31. The van der Waals surface area contributed by atoms with Gasteiger partial charge in [-0.15, -0.1) is 0 Å². The normalized spacial score (nSPS) is 36.3. The molecule has 0 saturated carbocycles. The monoisotopic (exact) mass is 178 g/mol. The van der Waals surface area contributed by atoms with Crippen LogP contribution in [0.1, 0.15) is 0 Å². The van der Waals surface area contributed by atoms with Gasteiger partial charge in [0.25, 0.3) is 0 Å². The molecule has 2 fully saturated rings. The maximum absolute atomic E-state index is 5.59. The van der Waals surface area contributed by atoms with Gasteiger partial charge in [0.2, 0.25) is 0 Å². The average molecular weight is 178 g/mol. The van der Waals surface area contributed by atoms with Crippen LogP contribution >= 0.6 is 0 Å². The van der Waals surface area contributed by atoms with Gasteiger partial charge >= 0.3 is 7.12 Å². The summed E-state index contributed by atoms with van der Waals surface area (Å²) in [6, 6.07) is 0. The van der Waals surface area contributed by atoms with Gasteiger partial charge in [0, 0.05) is 12.5 Å². The molecular formula is C9H11BO3. The van der Waals surface area contributed by atoms with Gasteiger partial charge in [-0.25, -0.2) is 0 Å². The summed E-state index contributed by atoms with van der Waals surface area (Å²) < 4.78 is 16.7. The predicted molar refractivity (Wildman–Crippen MR) is 48.1 cm³/mol. The average Bonchev–Trinajstić information content (AvgIpc) is 2.44. The molecule has 2 unspecified atom stereocenters. The minimum atomic E-state index is -0.0799. The zero-order valence-corrected chi connectivity index (χ0v) is 7.31. The Balaban J connectivity index is 1.96. The van der Waals surface area contributed by atoms with Crippen LogP contribution in [0.4, 0.5) is 0 Å². The van der Waals surface area contributed by atoms with Crippen molar-refractivity contribution in [2.24, 2.45) is 5.92 Å². The molecule has 1 aliphatic carbocycles. The quantitative estimate of drug-likeness (QED) is 0.517. The van der Waals surface area contributed by atoms with Gasteiger partial charge in [-0.1, -0.05) is 12.2 Å². The van der Waals surface area contributed by atoms with Crippen LogP contribution in [-0.2, 0) is 14.0 Å². The molecular weight excluding hydrogens is 167 g/mol. The number of allylic oxidation sites excluding steroid dienone is 3. The number of hydrogen-bond acceptors (Lipinski definition) is 3. The molecule has 68 valence electrons. The summed E-state index contributed by atoms with van der Waals surface area (Å²) in [7, 11) is -0.0799. The summed E-state index contributed by atoms with van der Waals surface area (Å²) in [6.07, 6.45) is 6.25. The minimum Gasteiger partial charge on any atom is -0.496 e. The van der Waals surface area contributed by atoms with Gasteiger partial charge in [0.1, 0.15) is 6.61 Å². The summed E-state index contributed by atoms with van der Waals surface area (Å²) in [5, 5.41) is 0. The van der Waals surface area contributed by atoms with E-state index in [1.807, 2.05) is 12.2 Å². The van der Waals surface area contributed by atoms with Gasteiger partial charge in [-0.3, -0.25) is 0 Å².